The average molecular weight is 298 g/mol. The molecule has 2 unspecified atom stereocenters. The van der Waals surface area contributed by atoms with Gasteiger partial charge < -0.3 is 9.52 Å². The lowest BCUT2D eigenvalue weighted by Gasteiger charge is -2.39. The van der Waals surface area contributed by atoms with Gasteiger partial charge in [-0.3, -0.25) is 10.1 Å². The summed E-state index contributed by atoms with van der Waals surface area (Å²) in [5.41, 5.74) is 0.0410. The van der Waals surface area contributed by atoms with Crippen molar-refractivity contribution in [3.63, 3.8) is 0 Å². The van der Waals surface area contributed by atoms with Crippen LogP contribution < -0.4 is 5.32 Å². The molecule has 2 rings (SSSR count). The molecule has 0 aromatic carbocycles. The first-order chi connectivity index (χ1) is 9.41. The molecule has 2 atom stereocenters. The molecule has 0 amide bonds. The monoisotopic (exact) mass is 298 g/mol. The second kappa shape index (κ2) is 6.18. The number of rotatable bonds is 5. The molecule has 0 spiro atoms. The largest absolute Gasteiger partial charge is 0.480 e. The summed E-state index contributed by atoms with van der Waals surface area (Å²) in [6, 6.07) is 0.152. The van der Waals surface area contributed by atoms with Crippen LogP contribution in [0.3, 0.4) is 0 Å². The molecule has 5 nitrogen and oxygen atoms in total. The third-order valence-corrected chi connectivity index (χ3v) is 4.67. The van der Waals surface area contributed by atoms with Crippen LogP contribution in [0.1, 0.15) is 45.2 Å². The molecule has 0 bridgehead atoms. The van der Waals surface area contributed by atoms with E-state index >= 15 is 0 Å². The van der Waals surface area contributed by atoms with Gasteiger partial charge in [0, 0.05) is 11.3 Å². The lowest BCUT2D eigenvalue weighted by atomic mass is 9.81. The van der Waals surface area contributed by atoms with Gasteiger partial charge in [0.1, 0.15) is 11.8 Å². The van der Waals surface area contributed by atoms with Gasteiger partial charge in [-0.15, -0.1) is 0 Å². The van der Waals surface area contributed by atoms with Crippen LogP contribution in [0.15, 0.2) is 15.9 Å². The minimum atomic E-state index is -0.814. The Morgan fingerprint density at radius 1 is 1.65 bits per heavy atom. The van der Waals surface area contributed by atoms with Crippen molar-refractivity contribution in [1.29, 1.82) is 0 Å². The van der Waals surface area contributed by atoms with Crippen LogP contribution in [0, 0.1) is 6.92 Å². The van der Waals surface area contributed by atoms with E-state index in [9.17, 15) is 9.90 Å². The van der Waals surface area contributed by atoms with Crippen molar-refractivity contribution in [3.8, 4) is 0 Å². The Labute approximate surface area is 123 Å². The van der Waals surface area contributed by atoms with Crippen molar-refractivity contribution in [1.82, 2.24) is 10.3 Å². The number of aryl methyl sites for hydroxylation is 1. The first-order valence-corrected chi connectivity index (χ1v) is 7.89. The summed E-state index contributed by atoms with van der Waals surface area (Å²) in [4.78, 5) is 16.0. The summed E-state index contributed by atoms with van der Waals surface area (Å²) >= 11 is 1.55. The molecule has 6 heteroatoms. The predicted molar refractivity (Wildman–Crippen MR) is 78.0 cm³/mol. The van der Waals surface area contributed by atoms with E-state index in [1.807, 2.05) is 20.8 Å². The number of hydrogen-bond acceptors (Lipinski definition) is 5. The minimum Gasteiger partial charge on any atom is -0.480 e. The standard InChI is InChI=1S/C14H22N2O3S/c1-9(2)16-14(12(17)18)6-4-5-11(7-14)20-13-15-10(3)8-19-13/h8-9,11,16H,4-7H2,1-3H3,(H,17,18). The normalized spacial score (nSPS) is 26.9. The summed E-state index contributed by atoms with van der Waals surface area (Å²) in [5, 5.41) is 13.7. The van der Waals surface area contributed by atoms with Crippen LogP contribution in [-0.4, -0.2) is 32.9 Å². The third-order valence-electron chi connectivity index (χ3n) is 3.55. The van der Waals surface area contributed by atoms with E-state index in [0.717, 1.165) is 18.5 Å². The van der Waals surface area contributed by atoms with Crippen LogP contribution in [0.5, 0.6) is 0 Å². The van der Waals surface area contributed by atoms with Gasteiger partial charge in [0.25, 0.3) is 5.22 Å². The molecule has 1 aromatic heterocycles. The lowest BCUT2D eigenvalue weighted by Crippen LogP contribution is -2.57. The van der Waals surface area contributed by atoms with Crippen molar-refractivity contribution in [2.75, 3.05) is 0 Å². The molecular weight excluding hydrogens is 276 g/mol. The zero-order valence-corrected chi connectivity index (χ0v) is 13.0. The molecule has 1 heterocycles. The predicted octanol–water partition coefficient (Wildman–Crippen LogP) is 2.84. The molecule has 1 aliphatic rings. The highest BCUT2D eigenvalue weighted by molar-refractivity contribution is 7.99. The van der Waals surface area contributed by atoms with Crippen LogP contribution in [0.4, 0.5) is 0 Å². The fraction of sp³-hybridized carbons (Fsp3) is 0.714. The first kappa shape index (κ1) is 15.4. The number of aromatic nitrogens is 1. The van der Waals surface area contributed by atoms with E-state index in [1.165, 1.54) is 0 Å². The fourth-order valence-electron chi connectivity index (χ4n) is 2.79. The summed E-state index contributed by atoms with van der Waals surface area (Å²) in [7, 11) is 0. The first-order valence-electron chi connectivity index (χ1n) is 7.01. The molecule has 1 aromatic rings. The Morgan fingerprint density at radius 2 is 2.40 bits per heavy atom. The maximum absolute atomic E-state index is 11.7. The zero-order chi connectivity index (χ0) is 14.8. The number of nitrogens with zero attached hydrogens (tertiary/aromatic N) is 1. The van der Waals surface area contributed by atoms with E-state index in [0.29, 0.717) is 18.1 Å². The van der Waals surface area contributed by atoms with E-state index in [-0.39, 0.29) is 11.3 Å². The molecule has 0 aliphatic heterocycles. The second-order valence-corrected chi connectivity index (χ2v) is 7.03. The summed E-state index contributed by atoms with van der Waals surface area (Å²) in [5.74, 6) is -0.750. The molecule has 0 saturated heterocycles. The Morgan fingerprint density at radius 3 is 2.95 bits per heavy atom. The summed E-state index contributed by atoms with van der Waals surface area (Å²) in [6.45, 7) is 5.86. The maximum atomic E-state index is 11.7. The number of oxazole rings is 1. The topological polar surface area (TPSA) is 75.4 Å². The van der Waals surface area contributed by atoms with Crippen molar-refractivity contribution in [3.05, 3.63) is 12.0 Å². The number of thioether (sulfide) groups is 1. The van der Waals surface area contributed by atoms with Gasteiger partial charge in [0.15, 0.2) is 0 Å². The smallest absolute Gasteiger partial charge is 0.323 e. The number of carboxylic acid groups (broad SMARTS) is 1. The van der Waals surface area contributed by atoms with Gasteiger partial charge in [-0.05, 0) is 46.5 Å². The second-order valence-electron chi connectivity index (χ2n) is 5.78. The third kappa shape index (κ3) is 3.55. The quantitative estimate of drug-likeness (QED) is 0.870. The highest BCUT2D eigenvalue weighted by atomic mass is 32.2. The van der Waals surface area contributed by atoms with Crippen LogP contribution in [0.25, 0.3) is 0 Å². The van der Waals surface area contributed by atoms with Crippen molar-refractivity contribution in [2.45, 2.75) is 68.5 Å². The van der Waals surface area contributed by atoms with E-state index in [2.05, 4.69) is 10.3 Å². The fourth-order valence-corrected chi connectivity index (χ4v) is 4.03. The average Bonchev–Trinajstić information content (AvgIpc) is 2.74. The Kier molecular flexibility index (Phi) is 4.75. The van der Waals surface area contributed by atoms with E-state index < -0.39 is 11.5 Å². The molecule has 1 aliphatic carbocycles. The van der Waals surface area contributed by atoms with Crippen LogP contribution in [0.2, 0.25) is 0 Å². The molecule has 0 radical (unpaired) electrons. The van der Waals surface area contributed by atoms with Gasteiger partial charge in [-0.1, -0.05) is 11.8 Å². The number of carboxylic acids is 1. The number of nitrogens with one attached hydrogen (secondary N) is 1. The molecule has 2 N–H and O–H groups in total. The van der Waals surface area contributed by atoms with Gasteiger partial charge >= 0.3 is 5.97 Å². The van der Waals surface area contributed by atoms with Crippen molar-refractivity contribution in [2.24, 2.45) is 0 Å². The highest BCUT2D eigenvalue weighted by Gasteiger charge is 2.43. The van der Waals surface area contributed by atoms with Gasteiger partial charge in [-0.25, -0.2) is 4.98 Å². The Balaban J connectivity index is 2.07. The maximum Gasteiger partial charge on any atom is 0.323 e. The van der Waals surface area contributed by atoms with Gasteiger partial charge in [0.2, 0.25) is 0 Å². The number of carbonyl (C=O) groups is 1. The molecular formula is C14H22N2O3S. The molecule has 1 fully saturated rings. The SMILES string of the molecule is Cc1coc(SC2CCCC(NC(C)C)(C(=O)O)C2)n1. The highest BCUT2D eigenvalue weighted by Crippen LogP contribution is 2.38. The Bertz CT molecular complexity index is 475. The lowest BCUT2D eigenvalue weighted by molar-refractivity contribution is -0.146. The minimum absolute atomic E-state index is 0.152. The molecule has 1 saturated carbocycles. The summed E-state index contributed by atoms with van der Waals surface area (Å²) in [6.07, 6.45) is 4.82. The number of aliphatic carboxylic acids is 1. The van der Waals surface area contributed by atoms with Crippen molar-refractivity contribution >= 4 is 17.7 Å². The van der Waals surface area contributed by atoms with E-state index in [1.54, 1.807) is 18.0 Å². The summed E-state index contributed by atoms with van der Waals surface area (Å²) < 4.78 is 5.36. The van der Waals surface area contributed by atoms with Crippen LogP contribution >= 0.6 is 11.8 Å². The van der Waals surface area contributed by atoms with Gasteiger partial charge in [0.05, 0.1) is 5.69 Å². The zero-order valence-electron chi connectivity index (χ0n) is 12.2. The molecule has 20 heavy (non-hydrogen) atoms. The van der Waals surface area contributed by atoms with Crippen LogP contribution in [-0.2, 0) is 4.79 Å². The molecule has 112 valence electrons. The van der Waals surface area contributed by atoms with E-state index in [4.69, 9.17) is 4.42 Å². The van der Waals surface area contributed by atoms with Gasteiger partial charge in [-0.2, -0.15) is 0 Å². The Hall–Kier alpha value is -1.01. The number of hydrogen-bond donors (Lipinski definition) is 2. The van der Waals surface area contributed by atoms with Crippen molar-refractivity contribution < 1.29 is 14.3 Å².